The quantitative estimate of drug-likeness (QED) is 0.341. The highest BCUT2D eigenvalue weighted by molar-refractivity contribution is 7.80. The third-order valence-electron chi connectivity index (χ3n) is 2.28. The Balaban J connectivity index is 2.33. The first kappa shape index (κ1) is 12.4. The second-order valence-corrected chi connectivity index (χ2v) is 6.59. The average molecular weight is 278 g/mol. The van der Waals surface area contributed by atoms with Gasteiger partial charge in [0, 0.05) is 10.4 Å². The van der Waals surface area contributed by atoms with Crippen molar-refractivity contribution in [1.29, 1.82) is 0 Å². The Morgan fingerprint density at radius 3 is 2.35 bits per heavy atom. The lowest BCUT2D eigenvalue weighted by molar-refractivity contribution is 0.103. The summed E-state index contributed by atoms with van der Waals surface area (Å²) >= 11 is 5.10. The van der Waals surface area contributed by atoms with Gasteiger partial charge in [-0.15, -0.1) is 0 Å². The van der Waals surface area contributed by atoms with Gasteiger partial charge in [0.1, 0.15) is 3.82 Å². The molecular weight excluding hydrogens is 268 g/mol. The van der Waals surface area contributed by atoms with Gasteiger partial charge in [-0.05, 0) is 24.1 Å². The van der Waals surface area contributed by atoms with E-state index in [4.69, 9.17) is 12.2 Å². The molecule has 0 radical (unpaired) electrons. The van der Waals surface area contributed by atoms with Crippen molar-refractivity contribution in [3.8, 4) is 10.4 Å². The van der Waals surface area contributed by atoms with E-state index in [2.05, 4.69) is 6.58 Å². The van der Waals surface area contributed by atoms with Crippen LogP contribution in [0.2, 0.25) is 0 Å². The lowest BCUT2D eigenvalue weighted by atomic mass is 10.0. The number of hydrogen-bond donors (Lipinski definition) is 0. The highest BCUT2D eigenvalue weighted by Gasteiger charge is 2.07. The van der Waals surface area contributed by atoms with Crippen LogP contribution in [0.5, 0.6) is 0 Å². The molecule has 0 fully saturated rings. The Hall–Kier alpha value is -1.10. The van der Waals surface area contributed by atoms with Crippen molar-refractivity contribution in [1.82, 2.24) is 0 Å². The second-order valence-electron chi connectivity index (χ2n) is 3.68. The SMILES string of the molecule is C=C(C)C(=O)c1ccc(-c2cc(=S)ss2)cc1. The Labute approximate surface area is 112 Å². The van der Waals surface area contributed by atoms with Crippen LogP contribution in [0.15, 0.2) is 42.5 Å². The zero-order chi connectivity index (χ0) is 12.4. The van der Waals surface area contributed by atoms with Crippen molar-refractivity contribution < 1.29 is 4.79 Å². The molecule has 86 valence electrons. The van der Waals surface area contributed by atoms with E-state index in [1.165, 1.54) is 0 Å². The molecule has 1 heterocycles. The van der Waals surface area contributed by atoms with Crippen LogP contribution in [-0.2, 0) is 0 Å². The van der Waals surface area contributed by atoms with Gasteiger partial charge >= 0.3 is 0 Å². The van der Waals surface area contributed by atoms with E-state index in [0.717, 1.165) is 14.3 Å². The molecule has 17 heavy (non-hydrogen) atoms. The molecule has 2 aromatic rings. The molecule has 0 bridgehead atoms. The van der Waals surface area contributed by atoms with E-state index in [0.29, 0.717) is 11.1 Å². The maximum atomic E-state index is 11.7. The second kappa shape index (κ2) is 5.04. The van der Waals surface area contributed by atoms with Crippen molar-refractivity contribution in [3.05, 3.63) is 51.9 Å². The number of allylic oxidation sites excluding steroid dienone is 1. The first-order valence-corrected chi connectivity index (χ1v) is 7.54. The zero-order valence-electron chi connectivity index (χ0n) is 9.23. The normalized spacial score (nSPS) is 10.2. The highest BCUT2D eigenvalue weighted by atomic mass is 32.9. The zero-order valence-corrected chi connectivity index (χ0v) is 11.7. The van der Waals surface area contributed by atoms with Gasteiger partial charge in [-0.1, -0.05) is 63.7 Å². The molecule has 0 atom stereocenters. The minimum Gasteiger partial charge on any atom is -0.289 e. The van der Waals surface area contributed by atoms with Crippen LogP contribution in [0.1, 0.15) is 17.3 Å². The van der Waals surface area contributed by atoms with Crippen molar-refractivity contribution >= 4 is 38.7 Å². The number of rotatable bonds is 3. The molecule has 0 aliphatic rings. The van der Waals surface area contributed by atoms with Crippen LogP contribution < -0.4 is 0 Å². The largest absolute Gasteiger partial charge is 0.289 e. The molecule has 0 N–H and O–H groups in total. The van der Waals surface area contributed by atoms with Gasteiger partial charge < -0.3 is 0 Å². The van der Waals surface area contributed by atoms with Gasteiger partial charge in [-0.2, -0.15) is 0 Å². The molecule has 0 amide bonds. The smallest absolute Gasteiger partial charge is 0.188 e. The van der Waals surface area contributed by atoms with Crippen LogP contribution in [-0.4, -0.2) is 5.78 Å². The summed E-state index contributed by atoms with van der Waals surface area (Å²) in [5.74, 6) is -0.00509. The summed E-state index contributed by atoms with van der Waals surface area (Å²) in [6.45, 7) is 5.38. The topological polar surface area (TPSA) is 17.1 Å². The van der Waals surface area contributed by atoms with E-state index in [9.17, 15) is 4.79 Å². The number of hydrogen-bond acceptors (Lipinski definition) is 4. The molecule has 0 aliphatic carbocycles. The standard InChI is InChI=1S/C13H10OS3/c1-8(2)13(14)10-5-3-9(4-6-10)11-7-12(15)17-16-11/h3-7H,1H2,2H3. The maximum Gasteiger partial charge on any atom is 0.188 e. The highest BCUT2D eigenvalue weighted by Crippen LogP contribution is 2.29. The van der Waals surface area contributed by atoms with Crippen molar-refractivity contribution in [3.63, 3.8) is 0 Å². The first-order chi connectivity index (χ1) is 8.08. The van der Waals surface area contributed by atoms with Gasteiger partial charge in [-0.3, -0.25) is 4.79 Å². The molecule has 4 heteroatoms. The van der Waals surface area contributed by atoms with Crippen molar-refractivity contribution in [2.45, 2.75) is 6.92 Å². The van der Waals surface area contributed by atoms with E-state index in [1.807, 2.05) is 30.3 Å². The van der Waals surface area contributed by atoms with Gasteiger partial charge in [0.25, 0.3) is 0 Å². The molecule has 0 aliphatic heterocycles. The van der Waals surface area contributed by atoms with E-state index >= 15 is 0 Å². The van der Waals surface area contributed by atoms with Gasteiger partial charge in [0.05, 0.1) is 0 Å². The monoisotopic (exact) mass is 278 g/mol. The van der Waals surface area contributed by atoms with Gasteiger partial charge in [0.2, 0.25) is 0 Å². The fraction of sp³-hybridized carbons (Fsp3) is 0.0769. The molecular formula is C13H10OS3. The summed E-state index contributed by atoms with van der Waals surface area (Å²) in [5, 5.41) is 0. The van der Waals surface area contributed by atoms with E-state index in [1.54, 1.807) is 27.6 Å². The summed E-state index contributed by atoms with van der Waals surface area (Å²) < 4.78 is 0.895. The van der Waals surface area contributed by atoms with Crippen LogP contribution >= 0.6 is 32.9 Å². The fourth-order valence-corrected chi connectivity index (χ4v) is 3.81. The number of carbonyl (C=O) groups excluding carboxylic acids is 1. The van der Waals surface area contributed by atoms with Gasteiger partial charge in [-0.25, -0.2) is 0 Å². The summed E-state index contributed by atoms with van der Waals surface area (Å²) in [7, 11) is 3.25. The predicted octanol–water partition coefficient (Wildman–Crippen LogP) is 4.96. The molecule has 1 nitrogen and oxygen atoms in total. The molecule has 0 spiro atoms. The van der Waals surface area contributed by atoms with Crippen LogP contribution in [0.25, 0.3) is 10.4 Å². The molecule has 0 saturated carbocycles. The number of Topliss-reactive ketones (excluding diaryl/α,β-unsaturated/α-hetero) is 1. The van der Waals surface area contributed by atoms with E-state index in [-0.39, 0.29) is 5.78 Å². The van der Waals surface area contributed by atoms with Crippen molar-refractivity contribution in [2.24, 2.45) is 0 Å². The third kappa shape index (κ3) is 2.77. The van der Waals surface area contributed by atoms with E-state index < -0.39 is 0 Å². The van der Waals surface area contributed by atoms with Crippen LogP contribution in [0, 0.1) is 3.82 Å². The summed E-state index contributed by atoms with van der Waals surface area (Å²) in [6, 6.07) is 9.55. The number of ketones is 1. The minimum atomic E-state index is -0.00509. The third-order valence-corrected chi connectivity index (χ3v) is 5.19. The van der Waals surface area contributed by atoms with Crippen molar-refractivity contribution in [2.75, 3.05) is 0 Å². The summed E-state index contributed by atoms with van der Waals surface area (Å²) in [4.78, 5) is 12.8. The molecule has 0 saturated heterocycles. The van der Waals surface area contributed by atoms with Crippen LogP contribution in [0.4, 0.5) is 0 Å². The maximum absolute atomic E-state index is 11.7. The van der Waals surface area contributed by atoms with Gasteiger partial charge in [0.15, 0.2) is 5.78 Å². The molecule has 1 aromatic heterocycles. The lowest BCUT2D eigenvalue weighted by Crippen LogP contribution is -1.98. The predicted molar refractivity (Wildman–Crippen MR) is 77.6 cm³/mol. The fourth-order valence-electron chi connectivity index (χ4n) is 1.40. The molecule has 0 unspecified atom stereocenters. The minimum absolute atomic E-state index is 0.00509. The summed E-state index contributed by atoms with van der Waals surface area (Å²) in [5.41, 5.74) is 2.34. The lowest BCUT2D eigenvalue weighted by Gasteiger charge is -2.01. The number of benzene rings is 1. The summed E-state index contributed by atoms with van der Waals surface area (Å²) in [6.07, 6.45) is 0. The molecule has 2 rings (SSSR count). The molecule has 1 aromatic carbocycles. The Bertz CT molecular complexity index is 617. The first-order valence-electron chi connectivity index (χ1n) is 4.99. The van der Waals surface area contributed by atoms with Crippen LogP contribution in [0.3, 0.4) is 0 Å². The average Bonchev–Trinajstić information content (AvgIpc) is 2.75. The Kier molecular flexibility index (Phi) is 3.66. The Morgan fingerprint density at radius 2 is 1.88 bits per heavy atom. The Morgan fingerprint density at radius 1 is 1.24 bits per heavy atom. The number of carbonyl (C=O) groups is 1.